The first kappa shape index (κ1) is 29.4. The number of fused-ring (bicyclic) bond motifs is 1. The molecule has 6 nitrogen and oxygen atoms in total. The number of nitrogens with zero attached hydrogens (tertiary/aromatic N) is 2. The van der Waals surface area contributed by atoms with Crippen LogP contribution in [-0.4, -0.2) is 46.0 Å². The van der Waals surface area contributed by atoms with Crippen molar-refractivity contribution in [1.82, 2.24) is 15.2 Å². The van der Waals surface area contributed by atoms with E-state index in [1.54, 1.807) is 42.5 Å². The Bertz CT molecular complexity index is 1580. The smallest absolute Gasteiger partial charge is 0.390 e. The van der Waals surface area contributed by atoms with E-state index in [-0.39, 0.29) is 46.9 Å². The summed E-state index contributed by atoms with van der Waals surface area (Å²) >= 11 is 6.07. The number of carbonyl (C=O) groups is 2. The second-order valence-corrected chi connectivity index (χ2v) is 10.4. The van der Waals surface area contributed by atoms with Gasteiger partial charge in [-0.05, 0) is 53.6 Å². The number of hydrogen-bond donors (Lipinski definition) is 2. The molecule has 3 aromatic carbocycles. The first-order valence-corrected chi connectivity index (χ1v) is 13.3. The lowest BCUT2D eigenvalue weighted by atomic mass is 9.79. The highest BCUT2D eigenvalue weighted by Crippen LogP contribution is 2.38. The minimum absolute atomic E-state index is 0.00294. The molecule has 2 N–H and O–H groups in total. The Morgan fingerprint density at radius 3 is 2.10 bits per heavy atom. The third kappa shape index (κ3) is 5.92. The number of rotatable bonds is 9. The molecule has 1 aliphatic rings. The van der Waals surface area contributed by atoms with Crippen molar-refractivity contribution >= 4 is 23.4 Å². The lowest BCUT2D eigenvalue weighted by molar-refractivity contribution is -0.137. The van der Waals surface area contributed by atoms with Crippen LogP contribution in [0.3, 0.4) is 0 Å². The number of aromatic nitrogens is 1. The van der Waals surface area contributed by atoms with Gasteiger partial charge in [0.15, 0.2) is 0 Å². The highest BCUT2D eigenvalue weighted by molar-refractivity contribution is 6.30. The predicted molar refractivity (Wildman–Crippen MR) is 147 cm³/mol. The molecule has 1 aliphatic heterocycles. The van der Waals surface area contributed by atoms with Crippen molar-refractivity contribution in [2.45, 2.75) is 24.2 Å². The topological polar surface area (TPSA) is 82.5 Å². The van der Waals surface area contributed by atoms with Gasteiger partial charge in [-0.2, -0.15) is 13.2 Å². The van der Waals surface area contributed by atoms with Crippen molar-refractivity contribution in [2.75, 3.05) is 13.1 Å². The molecule has 0 aliphatic carbocycles. The van der Waals surface area contributed by atoms with Crippen molar-refractivity contribution in [3.63, 3.8) is 0 Å². The average molecular weight is 598 g/mol. The monoisotopic (exact) mass is 597 g/mol. The molecule has 4 aromatic rings. The first-order valence-electron chi connectivity index (χ1n) is 12.9. The van der Waals surface area contributed by atoms with Gasteiger partial charge in [-0.1, -0.05) is 54.1 Å². The standard InChI is InChI=1S/C31H24ClF4N3O3/c32-22-10-11-27(37-16-22)30(15-19-6-2-1-3-7-19,20-12-21(31(34,35)36)14-23(33)13-20)38-17-24(40)18-39-28(41)25-8-4-5-9-26(25)29(39)42/h1-14,16,24,38,40H,15,17-18H2. The summed E-state index contributed by atoms with van der Waals surface area (Å²) in [6.07, 6.45) is -4.86. The first-order chi connectivity index (χ1) is 20.0. The van der Waals surface area contributed by atoms with Crippen LogP contribution < -0.4 is 5.32 Å². The predicted octanol–water partition coefficient (Wildman–Crippen LogP) is 5.63. The summed E-state index contributed by atoms with van der Waals surface area (Å²) < 4.78 is 56.2. The van der Waals surface area contributed by atoms with Gasteiger partial charge in [0.1, 0.15) is 5.82 Å². The molecule has 2 unspecified atom stereocenters. The molecule has 5 rings (SSSR count). The quantitative estimate of drug-likeness (QED) is 0.193. The molecule has 0 bridgehead atoms. The third-order valence-electron chi connectivity index (χ3n) is 7.11. The second-order valence-electron chi connectivity index (χ2n) is 9.96. The zero-order chi connectivity index (χ0) is 30.1. The molecule has 42 heavy (non-hydrogen) atoms. The third-order valence-corrected chi connectivity index (χ3v) is 7.33. The fraction of sp³-hybridized carbons (Fsp3) is 0.194. The zero-order valence-electron chi connectivity index (χ0n) is 21.9. The number of carbonyl (C=O) groups excluding carboxylic acids is 2. The SMILES string of the molecule is O=C1c2ccccc2C(=O)N1CC(O)CNC(Cc1ccccc1)(c1cc(F)cc(C(F)(F)F)c1)c1ccc(Cl)cn1. The van der Waals surface area contributed by atoms with Crippen LogP contribution in [0.15, 0.2) is 91.1 Å². The maximum Gasteiger partial charge on any atom is 0.416 e. The Balaban J connectivity index is 1.54. The number of benzene rings is 3. The van der Waals surface area contributed by atoms with Gasteiger partial charge >= 0.3 is 6.18 Å². The van der Waals surface area contributed by atoms with E-state index in [1.165, 1.54) is 30.5 Å². The number of pyridine rings is 1. The van der Waals surface area contributed by atoms with Crippen molar-refractivity contribution in [1.29, 1.82) is 0 Å². The van der Waals surface area contributed by atoms with Crippen molar-refractivity contribution in [3.8, 4) is 0 Å². The molecule has 0 fully saturated rings. The molecule has 11 heteroatoms. The minimum Gasteiger partial charge on any atom is -0.390 e. The maximum atomic E-state index is 14.8. The zero-order valence-corrected chi connectivity index (χ0v) is 22.7. The van der Waals surface area contributed by atoms with Gasteiger partial charge in [0.25, 0.3) is 11.8 Å². The number of amides is 2. The summed E-state index contributed by atoms with van der Waals surface area (Å²) in [7, 11) is 0. The fourth-order valence-electron chi connectivity index (χ4n) is 5.10. The van der Waals surface area contributed by atoms with Gasteiger partial charge < -0.3 is 5.11 Å². The van der Waals surface area contributed by atoms with E-state index in [0.717, 1.165) is 17.0 Å². The van der Waals surface area contributed by atoms with Crippen LogP contribution >= 0.6 is 11.6 Å². The van der Waals surface area contributed by atoms with E-state index in [4.69, 9.17) is 11.6 Å². The highest BCUT2D eigenvalue weighted by atomic mass is 35.5. The average Bonchev–Trinajstić information content (AvgIpc) is 3.20. The molecule has 216 valence electrons. The highest BCUT2D eigenvalue weighted by Gasteiger charge is 2.41. The van der Waals surface area contributed by atoms with E-state index >= 15 is 0 Å². The molecule has 2 heterocycles. The van der Waals surface area contributed by atoms with Crippen LogP contribution in [0.25, 0.3) is 0 Å². The van der Waals surface area contributed by atoms with Gasteiger partial charge in [-0.3, -0.25) is 24.8 Å². The number of nitrogens with one attached hydrogen (secondary N) is 1. The van der Waals surface area contributed by atoms with Crippen LogP contribution in [0.2, 0.25) is 5.02 Å². The summed E-state index contributed by atoms with van der Waals surface area (Å²) in [4.78, 5) is 31.0. The van der Waals surface area contributed by atoms with Crippen LogP contribution in [0.4, 0.5) is 17.6 Å². The molecule has 2 atom stereocenters. The number of alkyl halides is 3. The van der Waals surface area contributed by atoms with Gasteiger partial charge in [0, 0.05) is 19.2 Å². The largest absolute Gasteiger partial charge is 0.416 e. The van der Waals surface area contributed by atoms with E-state index in [2.05, 4.69) is 10.3 Å². The molecular formula is C31H24ClF4N3O3. The van der Waals surface area contributed by atoms with E-state index < -0.39 is 41.0 Å². The summed E-state index contributed by atoms with van der Waals surface area (Å²) in [5, 5.41) is 14.4. The van der Waals surface area contributed by atoms with E-state index in [9.17, 15) is 32.3 Å². The van der Waals surface area contributed by atoms with Gasteiger partial charge in [-0.15, -0.1) is 0 Å². The number of aliphatic hydroxyl groups is 1. The van der Waals surface area contributed by atoms with Crippen molar-refractivity contribution in [3.05, 3.63) is 135 Å². The summed E-state index contributed by atoms with van der Waals surface area (Å²) in [5.41, 5.74) is -1.58. The summed E-state index contributed by atoms with van der Waals surface area (Å²) in [5.74, 6) is -2.24. The molecular weight excluding hydrogens is 574 g/mol. The van der Waals surface area contributed by atoms with Crippen LogP contribution in [-0.2, 0) is 18.1 Å². The lowest BCUT2D eigenvalue weighted by Gasteiger charge is -2.37. The van der Waals surface area contributed by atoms with Crippen LogP contribution in [0, 0.1) is 5.82 Å². The molecule has 0 spiro atoms. The van der Waals surface area contributed by atoms with Gasteiger partial charge in [-0.25, -0.2) is 4.39 Å². The molecule has 0 saturated carbocycles. The number of hydrogen-bond acceptors (Lipinski definition) is 5. The van der Waals surface area contributed by atoms with Gasteiger partial charge in [0.2, 0.25) is 0 Å². The molecule has 0 saturated heterocycles. The van der Waals surface area contributed by atoms with E-state index in [0.29, 0.717) is 11.6 Å². The number of imide groups is 1. The Hall–Kier alpha value is -4.12. The second kappa shape index (κ2) is 11.6. The lowest BCUT2D eigenvalue weighted by Crippen LogP contribution is -2.51. The fourth-order valence-corrected chi connectivity index (χ4v) is 5.21. The van der Waals surface area contributed by atoms with Crippen LogP contribution in [0.1, 0.15) is 43.1 Å². The minimum atomic E-state index is -4.84. The Labute approximate surface area is 243 Å². The number of halogens is 5. The Kier molecular flexibility index (Phi) is 8.14. The number of β-amino-alcohol motifs (C(OH)–C–C–N with tert-alkyl or cyclic N) is 1. The van der Waals surface area contributed by atoms with Gasteiger partial charge in [0.05, 0.1) is 45.6 Å². The Morgan fingerprint density at radius 1 is 0.881 bits per heavy atom. The summed E-state index contributed by atoms with van der Waals surface area (Å²) in [6, 6.07) is 20.3. The molecule has 0 radical (unpaired) electrons. The number of aliphatic hydroxyl groups excluding tert-OH is 1. The summed E-state index contributed by atoms with van der Waals surface area (Å²) in [6.45, 7) is -0.686. The molecule has 2 amide bonds. The normalized spacial score (nSPS) is 15.4. The van der Waals surface area contributed by atoms with Crippen molar-refractivity contribution < 1.29 is 32.3 Å². The molecule has 1 aromatic heterocycles. The van der Waals surface area contributed by atoms with Crippen LogP contribution in [0.5, 0.6) is 0 Å². The maximum absolute atomic E-state index is 14.8. The van der Waals surface area contributed by atoms with Crippen molar-refractivity contribution in [2.24, 2.45) is 0 Å². The Morgan fingerprint density at radius 2 is 1.50 bits per heavy atom. The van der Waals surface area contributed by atoms with E-state index in [1.807, 2.05) is 0 Å².